The zero-order valence-electron chi connectivity index (χ0n) is 17.9. The van der Waals surface area contributed by atoms with E-state index in [2.05, 4.69) is 29.4 Å². The summed E-state index contributed by atoms with van der Waals surface area (Å²) in [6, 6.07) is 6.24. The first-order chi connectivity index (χ1) is 14.4. The Labute approximate surface area is 182 Å². The second-order valence-electron chi connectivity index (χ2n) is 8.25. The lowest BCUT2D eigenvalue weighted by Crippen LogP contribution is -2.37. The van der Waals surface area contributed by atoms with E-state index < -0.39 is 0 Å². The monoisotopic (exact) mass is 434 g/mol. The van der Waals surface area contributed by atoms with Crippen molar-refractivity contribution >= 4 is 17.7 Å². The van der Waals surface area contributed by atoms with Gasteiger partial charge >= 0.3 is 0 Å². The van der Waals surface area contributed by atoms with Crippen LogP contribution in [-0.4, -0.2) is 32.5 Å². The maximum absolute atomic E-state index is 13.1. The molecule has 0 aliphatic heterocycles. The molecule has 0 saturated heterocycles. The van der Waals surface area contributed by atoms with Crippen LogP contribution < -0.4 is 10.1 Å². The molecule has 0 bridgehead atoms. The average Bonchev–Trinajstić information content (AvgIpc) is 3.11. The van der Waals surface area contributed by atoms with E-state index in [0.29, 0.717) is 34.4 Å². The lowest BCUT2D eigenvalue weighted by molar-refractivity contribution is -0.119. The Morgan fingerprint density at radius 3 is 2.57 bits per heavy atom. The summed E-state index contributed by atoms with van der Waals surface area (Å²) in [6.07, 6.45) is 5.43. The number of nitrogens with one attached hydrogen (secondary N) is 1. The minimum atomic E-state index is -0.355. The van der Waals surface area contributed by atoms with Gasteiger partial charge in [-0.05, 0) is 49.9 Å². The number of ether oxygens (including phenoxy) is 1. The normalized spacial score (nSPS) is 15.9. The molecule has 6 nitrogen and oxygen atoms in total. The van der Waals surface area contributed by atoms with Crippen LogP contribution in [0.1, 0.15) is 64.8 Å². The van der Waals surface area contributed by atoms with E-state index in [4.69, 9.17) is 4.74 Å². The Morgan fingerprint density at radius 2 is 1.90 bits per heavy atom. The molecular formula is C22H31FN4O2S. The number of carbonyl (C=O) groups is 1. The summed E-state index contributed by atoms with van der Waals surface area (Å²) in [6.45, 7) is 6.87. The van der Waals surface area contributed by atoms with Crippen molar-refractivity contribution < 1.29 is 13.9 Å². The summed E-state index contributed by atoms with van der Waals surface area (Å²) in [5.41, 5.74) is 0. The van der Waals surface area contributed by atoms with E-state index >= 15 is 0 Å². The highest BCUT2D eigenvalue weighted by molar-refractivity contribution is 7.99. The number of thioether (sulfide) groups is 1. The van der Waals surface area contributed by atoms with Crippen molar-refractivity contribution in [2.24, 2.45) is 5.92 Å². The number of benzene rings is 1. The molecule has 1 aromatic heterocycles. The maximum Gasteiger partial charge on any atom is 0.230 e. The molecule has 1 heterocycles. The largest absolute Gasteiger partial charge is 0.483 e. The van der Waals surface area contributed by atoms with Crippen molar-refractivity contribution in [1.82, 2.24) is 20.1 Å². The molecule has 1 aliphatic carbocycles. The molecule has 1 atom stereocenters. The summed E-state index contributed by atoms with van der Waals surface area (Å²) in [5, 5.41) is 12.5. The first kappa shape index (κ1) is 22.6. The second-order valence-corrected chi connectivity index (χ2v) is 9.19. The van der Waals surface area contributed by atoms with Crippen molar-refractivity contribution in [2.45, 2.75) is 76.7 Å². The molecule has 3 rings (SSSR count). The van der Waals surface area contributed by atoms with Crippen LogP contribution in [0, 0.1) is 11.7 Å². The molecule has 1 fully saturated rings. The third-order valence-corrected chi connectivity index (χ3v) is 6.05. The summed E-state index contributed by atoms with van der Waals surface area (Å²) >= 11 is 1.40. The third-order valence-electron chi connectivity index (χ3n) is 5.09. The van der Waals surface area contributed by atoms with Crippen LogP contribution in [-0.2, 0) is 11.3 Å². The Hall–Kier alpha value is -2.09. The van der Waals surface area contributed by atoms with Crippen molar-refractivity contribution in [3.05, 3.63) is 35.9 Å². The molecule has 0 spiro atoms. The zero-order chi connectivity index (χ0) is 21.5. The molecular weight excluding hydrogens is 403 g/mol. The number of nitrogens with zero attached hydrogens (tertiary/aromatic N) is 3. The van der Waals surface area contributed by atoms with Crippen LogP contribution in [0.4, 0.5) is 4.39 Å². The second kappa shape index (κ2) is 10.8. The molecule has 1 unspecified atom stereocenters. The van der Waals surface area contributed by atoms with E-state index in [-0.39, 0.29) is 17.8 Å². The van der Waals surface area contributed by atoms with Crippen molar-refractivity contribution in [2.75, 3.05) is 5.75 Å². The molecule has 164 valence electrons. The van der Waals surface area contributed by atoms with Gasteiger partial charge in [0.05, 0.1) is 5.75 Å². The Bertz CT molecular complexity index is 819. The highest BCUT2D eigenvalue weighted by Gasteiger charge is 2.22. The molecule has 0 radical (unpaired) electrons. The number of hydrogen-bond acceptors (Lipinski definition) is 5. The molecule has 1 saturated carbocycles. The fourth-order valence-corrected chi connectivity index (χ4v) is 4.43. The van der Waals surface area contributed by atoms with Gasteiger partial charge in [0.1, 0.15) is 11.6 Å². The van der Waals surface area contributed by atoms with Crippen LogP contribution in [0.15, 0.2) is 29.4 Å². The number of halogens is 1. The van der Waals surface area contributed by atoms with Crippen LogP contribution in [0.5, 0.6) is 5.75 Å². The summed E-state index contributed by atoms with van der Waals surface area (Å²) in [7, 11) is 0. The lowest BCUT2D eigenvalue weighted by atomic mass is 9.95. The standard InChI is InChI=1S/C22H31FN4O2S/c1-15(2)13-27-21(16(3)29-19-11-9-17(23)10-12-19)25-26-22(27)30-14-20(28)24-18-7-5-4-6-8-18/h9-12,15-16,18H,4-8,13-14H2,1-3H3,(H,24,28). The van der Waals surface area contributed by atoms with Crippen molar-refractivity contribution in [1.29, 1.82) is 0 Å². The molecule has 30 heavy (non-hydrogen) atoms. The number of aromatic nitrogens is 3. The number of rotatable bonds is 9. The predicted molar refractivity (Wildman–Crippen MR) is 116 cm³/mol. The molecule has 1 amide bonds. The van der Waals surface area contributed by atoms with Crippen LogP contribution in [0.25, 0.3) is 0 Å². The van der Waals surface area contributed by atoms with E-state index in [1.807, 2.05) is 11.5 Å². The van der Waals surface area contributed by atoms with E-state index in [9.17, 15) is 9.18 Å². The highest BCUT2D eigenvalue weighted by atomic mass is 32.2. The predicted octanol–water partition coefficient (Wildman–Crippen LogP) is 4.75. The van der Waals surface area contributed by atoms with Gasteiger partial charge in [0.25, 0.3) is 0 Å². The minimum Gasteiger partial charge on any atom is -0.483 e. The Morgan fingerprint density at radius 1 is 1.20 bits per heavy atom. The fourth-order valence-electron chi connectivity index (χ4n) is 3.66. The molecule has 1 aliphatic rings. The fraction of sp³-hybridized carbons (Fsp3) is 0.591. The van der Waals surface area contributed by atoms with Gasteiger partial charge in [-0.15, -0.1) is 10.2 Å². The van der Waals surface area contributed by atoms with E-state index in [0.717, 1.165) is 19.4 Å². The van der Waals surface area contributed by atoms with Gasteiger partial charge < -0.3 is 14.6 Å². The smallest absolute Gasteiger partial charge is 0.230 e. The van der Waals surface area contributed by atoms with Crippen LogP contribution in [0.3, 0.4) is 0 Å². The van der Waals surface area contributed by atoms with Crippen LogP contribution in [0.2, 0.25) is 0 Å². The van der Waals surface area contributed by atoms with E-state index in [1.165, 1.54) is 43.2 Å². The number of amides is 1. The van der Waals surface area contributed by atoms with Gasteiger partial charge in [-0.1, -0.05) is 44.9 Å². The van der Waals surface area contributed by atoms with Gasteiger partial charge in [0.2, 0.25) is 5.91 Å². The van der Waals surface area contributed by atoms with Crippen LogP contribution >= 0.6 is 11.8 Å². The summed E-state index contributed by atoms with van der Waals surface area (Å²) < 4.78 is 21.1. The van der Waals surface area contributed by atoms with Gasteiger partial charge in [0.15, 0.2) is 17.1 Å². The van der Waals surface area contributed by atoms with Gasteiger partial charge in [-0.25, -0.2) is 4.39 Å². The first-order valence-corrected chi connectivity index (χ1v) is 11.7. The first-order valence-electron chi connectivity index (χ1n) is 10.7. The maximum atomic E-state index is 13.1. The highest BCUT2D eigenvalue weighted by Crippen LogP contribution is 2.26. The Balaban J connectivity index is 1.64. The van der Waals surface area contributed by atoms with Gasteiger partial charge in [-0.2, -0.15) is 0 Å². The topological polar surface area (TPSA) is 69.0 Å². The van der Waals surface area contributed by atoms with E-state index in [1.54, 1.807) is 12.1 Å². The molecule has 8 heteroatoms. The number of hydrogen-bond donors (Lipinski definition) is 1. The van der Waals surface area contributed by atoms with Crippen molar-refractivity contribution in [3.63, 3.8) is 0 Å². The van der Waals surface area contributed by atoms with Gasteiger partial charge in [-0.3, -0.25) is 4.79 Å². The quantitative estimate of drug-likeness (QED) is 0.577. The average molecular weight is 435 g/mol. The number of carbonyl (C=O) groups excluding carboxylic acids is 1. The Kier molecular flexibility index (Phi) is 8.13. The molecule has 1 N–H and O–H groups in total. The molecule has 1 aromatic carbocycles. The SMILES string of the molecule is CC(C)Cn1c(SCC(=O)NC2CCCCC2)nnc1C(C)Oc1ccc(F)cc1. The summed E-state index contributed by atoms with van der Waals surface area (Å²) in [5.74, 6) is 1.71. The minimum absolute atomic E-state index is 0.0446. The zero-order valence-corrected chi connectivity index (χ0v) is 18.8. The lowest BCUT2D eigenvalue weighted by Gasteiger charge is -2.22. The molecule has 2 aromatic rings. The van der Waals surface area contributed by atoms with Gasteiger partial charge in [0, 0.05) is 12.6 Å². The summed E-state index contributed by atoms with van der Waals surface area (Å²) in [4.78, 5) is 12.4. The van der Waals surface area contributed by atoms with Crippen molar-refractivity contribution in [3.8, 4) is 5.75 Å². The third kappa shape index (κ3) is 6.45.